The monoisotopic (exact) mass is 330 g/mol. The van der Waals surface area contributed by atoms with E-state index < -0.39 is 10.0 Å². The van der Waals surface area contributed by atoms with Crippen LogP contribution in [0.1, 0.15) is 12.5 Å². The predicted octanol–water partition coefficient (Wildman–Crippen LogP) is 1.96. The van der Waals surface area contributed by atoms with Crippen LogP contribution in [0.5, 0.6) is 0 Å². The molecule has 0 heterocycles. The molecular formula is C11H15NO3SY-2. The molecule has 1 aromatic carbocycles. The Hall–Kier alpha value is -0.0961. The molecule has 6 heteroatoms. The third-order valence-electron chi connectivity index (χ3n) is 1.91. The van der Waals surface area contributed by atoms with Gasteiger partial charge in [-0.15, -0.1) is 0 Å². The molecule has 1 aromatic rings. The average molecular weight is 330 g/mol. The molecule has 0 aliphatic heterocycles. The van der Waals surface area contributed by atoms with Gasteiger partial charge in [0.15, 0.2) is 0 Å². The molecule has 17 heavy (non-hydrogen) atoms. The third-order valence-corrected chi connectivity index (χ3v) is 3.26. The standard InChI is InChI=1S/C10H12NO3S.CH3.Y/c1-8(12)7-9-3-5-10(6-4-9)15(13,14)11-2;;/h3-6H,7H2,1-2H3;1H3;/q2*-1;. The van der Waals surface area contributed by atoms with Gasteiger partial charge in [-0.25, -0.2) is 8.42 Å². The number of ketones is 1. The quantitative estimate of drug-likeness (QED) is 0.793. The Bertz CT molecular complexity index is 454. The van der Waals surface area contributed by atoms with Gasteiger partial charge in [-0.05, 0) is 24.6 Å². The Morgan fingerprint density at radius 1 is 1.24 bits per heavy atom. The van der Waals surface area contributed by atoms with Crippen molar-refractivity contribution < 1.29 is 45.9 Å². The maximum absolute atomic E-state index is 11.3. The van der Waals surface area contributed by atoms with Crippen LogP contribution in [0, 0.1) is 7.43 Å². The first-order valence-corrected chi connectivity index (χ1v) is 5.84. The van der Waals surface area contributed by atoms with Gasteiger partial charge in [0.05, 0.1) is 0 Å². The summed E-state index contributed by atoms with van der Waals surface area (Å²) < 4.78 is 25.9. The van der Waals surface area contributed by atoms with Crippen molar-refractivity contribution in [3.63, 3.8) is 0 Å². The molecule has 0 aromatic heterocycles. The van der Waals surface area contributed by atoms with Gasteiger partial charge < -0.3 is 12.1 Å². The maximum atomic E-state index is 11.3. The summed E-state index contributed by atoms with van der Waals surface area (Å²) in [6.45, 7) is 1.49. The summed E-state index contributed by atoms with van der Waals surface area (Å²) in [6.07, 6.45) is 0.323. The number of hydrogen-bond donors (Lipinski definition) is 0. The minimum Gasteiger partial charge on any atom is -0.547 e. The fourth-order valence-corrected chi connectivity index (χ4v) is 1.86. The van der Waals surface area contributed by atoms with Crippen molar-refractivity contribution in [3.8, 4) is 0 Å². The smallest absolute Gasteiger partial charge is 0.134 e. The Morgan fingerprint density at radius 2 is 1.71 bits per heavy atom. The second-order valence-electron chi connectivity index (χ2n) is 3.18. The number of carbonyl (C=O) groups excluding carboxylic acids is 1. The Kier molecular flexibility index (Phi) is 9.15. The van der Waals surface area contributed by atoms with Gasteiger partial charge in [-0.1, -0.05) is 12.1 Å². The first-order valence-electron chi connectivity index (χ1n) is 4.40. The van der Waals surface area contributed by atoms with Crippen LogP contribution in [-0.2, 0) is 53.9 Å². The van der Waals surface area contributed by atoms with Crippen molar-refractivity contribution in [3.05, 3.63) is 42.0 Å². The van der Waals surface area contributed by atoms with E-state index in [9.17, 15) is 13.2 Å². The van der Waals surface area contributed by atoms with Crippen LogP contribution in [0.4, 0.5) is 0 Å². The van der Waals surface area contributed by atoms with Crippen molar-refractivity contribution in [2.24, 2.45) is 0 Å². The molecule has 1 rings (SSSR count). The molecule has 0 aliphatic carbocycles. The van der Waals surface area contributed by atoms with E-state index in [0.29, 0.717) is 6.42 Å². The van der Waals surface area contributed by atoms with Crippen LogP contribution < -0.4 is 0 Å². The first-order chi connectivity index (χ1) is 6.95. The normalized spacial score (nSPS) is 10.0. The number of sulfonamides is 1. The van der Waals surface area contributed by atoms with Gasteiger partial charge >= 0.3 is 0 Å². The van der Waals surface area contributed by atoms with Gasteiger partial charge in [-0.3, -0.25) is 4.79 Å². The molecular weight excluding hydrogens is 315 g/mol. The number of benzene rings is 1. The summed E-state index contributed by atoms with van der Waals surface area (Å²) in [5.74, 6) is 0.0470. The molecule has 0 N–H and O–H groups in total. The molecule has 0 aliphatic rings. The molecule has 0 saturated carbocycles. The Labute approximate surface area is 128 Å². The average Bonchev–Trinajstić information content (AvgIpc) is 2.18. The van der Waals surface area contributed by atoms with Gasteiger partial charge in [0.25, 0.3) is 0 Å². The van der Waals surface area contributed by atoms with E-state index in [1.165, 1.54) is 26.1 Å². The fraction of sp³-hybridized carbons (Fsp3) is 0.273. The zero-order chi connectivity index (χ0) is 11.5. The molecule has 0 spiro atoms. The van der Waals surface area contributed by atoms with E-state index in [1.807, 2.05) is 0 Å². The topological polar surface area (TPSA) is 65.3 Å². The molecule has 0 fully saturated rings. The molecule has 0 bridgehead atoms. The second kappa shape index (κ2) is 8.08. The summed E-state index contributed by atoms with van der Waals surface area (Å²) in [5, 5.41) is 0. The molecule has 0 unspecified atom stereocenters. The largest absolute Gasteiger partial charge is 0.547 e. The molecule has 4 nitrogen and oxygen atoms in total. The van der Waals surface area contributed by atoms with Crippen molar-refractivity contribution in [2.45, 2.75) is 18.2 Å². The molecule has 1 radical (unpaired) electrons. The van der Waals surface area contributed by atoms with Gasteiger partial charge in [0.2, 0.25) is 0 Å². The summed E-state index contributed by atoms with van der Waals surface area (Å²) >= 11 is 0. The maximum Gasteiger partial charge on any atom is 0.134 e. The summed E-state index contributed by atoms with van der Waals surface area (Å²) in [5.41, 5.74) is 0.803. The molecule has 0 saturated heterocycles. The van der Waals surface area contributed by atoms with Crippen LogP contribution >= 0.6 is 0 Å². The van der Waals surface area contributed by atoms with Crippen LogP contribution in [-0.4, -0.2) is 21.2 Å². The van der Waals surface area contributed by atoms with Crippen LogP contribution in [0.25, 0.3) is 4.72 Å². The van der Waals surface area contributed by atoms with Crippen molar-refractivity contribution in [1.29, 1.82) is 0 Å². The summed E-state index contributed by atoms with van der Waals surface area (Å²) in [7, 11) is -2.27. The van der Waals surface area contributed by atoms with Crippen LogP contribution in [0.2, 0.25) is 0 Å². The van der Waals surface area contributed by atoms with E-state index in [1.54, 1.807) is 12.1 Å². The van der Waals surface area contributed by atoms with Crippen molar-refractivity contribution in [1.82, 2.24) is 0 Å². The van der Waals surface area contributed by atoms with Crippen LogP contribution in [0.15, 0.2) is 29.2 Å². The summed E-state index contributed by atoms with van der Waals surface area (Å²) in [4.78, 5) is 11.0. The van der Waals surface area contributed by atoms with Crippen LogP contribution in [0.3, 0.4) is 0 Å². The molecule has 0 amide bonds. The van der Waals surface area contributed by atoms with Gasteiger partial charge in [0, 0.05) is 44.0 Å². The van der Waals surface area contributed by atoms with Gasteiger partial charge in [-0.2, -0.15) is 7.05 Å². The summed E-state index contributed by atoms with van der Waals surface area (Å²) in [6, 6.07) is 6.17. The second-order valence-corrected chi connectivity index (χ2v) is 4.97. The number of Topliss-reactive ketones (excluding diaryl/α,β-unsaturated/α-hetero) is 1. The number of rotatable bonds is 4. The first kappa shape index (κ1) is 19.2. The van der Waals surface area contributed by atoms with E-state index in [2.05, 4.69) is 4.72 Å². The minimum absolute atomic E-state index is 0. The number of hydrogen-bond acceptors (Lipinski definition) is 3. The molecule has 93 valence electrons. The van der Waals surface area contributed by atoms with E-state index in [0.717, 1.165) is 5.56 Å². The van der Waals surface area contributed by atoms with E-state index in [4.69, 9.17) is 0 Å². The van der Waals surface area contributed by atoms with Crippen molar-refractivity contribution in [2.75, 3.05) is 7.05 Å². The Morgan fingerprint density at radius 3 is 2.06 bits per heavy atom. The number of nitrogens with zero attached hydrogens (tertiary/aromatic N) is 1. The number of carbonyl (C=O) groups is 1. The van der Waals surface area contributed by atoms with Crippen molar-refractivity contribution >= 4 is 15.8 Å². The van der Waals surface area contributed by atoms with Gasteiger partial charge in [0.1, 0.15) is 15.8 Å². The van der Waals surface area contributed by atoms with E-state index >= 15 is 0 Å². The van der Waals surface area contributed by atoms with E-state index in [-0.39, 0.29) is 50.8 Å². The predicted molar refractivity (Wildman–Crippen MR) is 63.7 cm³/mol. The Balaban J connectivity index is 0. The minimum atomic E-state index is -3.50. The SMILES string of the molecule is C[N-]S(=O)(=O)c1ccc(CC(C)=O)cc1.[CH3-].[Y]. The third kappa shape index (κ3) is 5.86. The fourth-order valence-electron chi connectivity index (χ4n) is 1.17. The molecule has 0 atom stereocenters. The zero-order valence-corrected chi connectivity index (χ0v) is 13.8. The zero-order valence-electron chi connectivity index (χ0n) is 10.2.